The Hall–Kier alpha value is -3.13. The Morgan fingerprint density at radius 3 is 2.68 bits per heavy atom. The fourth-order valence-corrected chi connectivity index (χ4v) is 3.14. The highest BCUT2D eigenvalue weighted by Crippen LogP contribution is 2.25. The van der Waals surface area contributed by atoms with Crippen LogP contribution in [0.15, 0.2) is 42.7 Å². The van der Waals surface area contributed by atoms with Crippen LogP contribution in [0.25, 0.3) is 10.8 Å². The lowest BCUT2D eigenvalue weighted by molar-refractivity contribution is 0.0953. The highest BCUT2D eigenvalue weighted by Gasteiger charge is 2.17. The Labute approximate surface area is 148 Å². The number of nitrogens with one attached hydrogen (secondary N) is 1. The molecule has 2 heterocycles. The van der Waals surface area contributed by atoms with Crippen LogP contribution in [0.2, 0.25) is 0 Å². The monoisotopic (exact) mass is 353 g/mol. The van der Waals surface area contributed by atoms with Gasteiger partial charge in [-0.25, -0.2) is 15.0 Å². The van der Waals surface area contributed by atoms with Gasteiger partial charge < -0.3 is 11.1 Å². The third-order valence-corrected chi connectivity index (χ3v) is 4.58. The van der Waals surface area contributed by atoms with Crippen molar-refractivity contribution in [1.29, 1.82) is 0 Å². The molecule has 1 aromatic carbocycles. The largest absolute Gasteiger partial charge is 0.366 e. The average molecular weight is 353 g/mol. The minimum atomic E-state index is -0.501. The van der Waals surface area contributed by atoms with E-state index in [2.05, 4.69) is 20.3 Å². The molecule has 126 valence electrons. The first-order valence-corrected chi connectivity index (χ1v) is 8.28. The fraction of sp³-hybridized carbons (Fsp3) is 0.118. The van der Waals surface area contributed by atoms with Gasteiger partial charge in [-0.15, -0.1) is 11.3 Å². The van der Waals surface area contributed by atoms with Crippen molar-refractivity contribution in [2.24, 2.45) is 5.73 Å². The van der Waals surface area contributed by atoms with E-state index >= 15 is 0 Å². The van der Waals surface area contributed by atoms with Gasteiger partial charge in [-0.1, -0.05) is 12.1 Å². The van der Waals surface area contributed by atoms with Crippen LogP contribution in [0.1, 0.15) is 31.3 Å². The van der Waals surface area contributed by atoms with Crippen LogP contribution in [-0.4, -0.2) is 26.8 Å². The standard InChI is InChI=1S/C17H15N5O2S/c1-10-13(25-17(22-10)15-19-6-3-7-20-15)16(24)21-9-11-4-2-5-12(8-11)14(18)23/h2-8H,9H2,1H3,(H2,18,23)(H,21,24). The Morgan fingerprint density at radius 2 is 1.96 bits per heavy atom. The second-order valence-corrected chi connectivity index (χ2v) is 6.25. The van der Waals surface area contributed by atoms with Crippen LogP contribution in [-0.2, 0) is 6.54 Å². The van der Waals surface area contributed by atoms with E-state index in [0.29, 0.717) is 27.0 Å². The summed E-state index contributed by atoms with van der Waals surface area (Å²) in [6, 6.07) is 8.55. The molecule has 8 heteroatoms. The van der Waals surface area contributed by atoms with Gasteiger partial charge in [0.15, 0.2) is 10.8 Å². The molecule has 0 fully saturated rings. The molecule has 7 nitrogen and oxygen atoms in total. The first-order chi connectivity index (χ1) is 12.0. The fourth-order valence-electron chi connectivity index (χ4n) is 2.21. The average Bonchev–Trinajstić information content (AvgIpc) is 3.02. The molecule has 2 aromatic heterocycles. The molecule has 3 aromatic rings. The highest BCUT2D eigenvalue weighted by molar-refractivity contribution is 7.17. The molecule has 0 aliphatic heterocycles. The smallest absolute Gasteiger partial charge is 0.263 e. The minimum Gasteiger partial charge on any atom is -0.366 e. The molecule has 0 saturated carbocycles. The molecular weight excluding hydrogens is 338 g/mol. The van der Waals surface area contributed by atoms with E-state index in [0.717, 1.165) is 5.56 Å². The summed E-state index contributed by atoms with van der Waals surface area (Å²) >= 11 is 1.24. The zero-order valence-electron chi connectivity index (χ0n) is 13.4. The lowest BCUT2D eigenvalue weighted by atomic mass is 10.1. The number of nitrogens with zero attached hydrogens (tertiary/aromatic N) is 3. The van der Waals surface area contributed by atoms with E-state index < -0.39 is 5.91 Å². The summed E-state index contributed by atoms with van der Waals surface area (Å²) in [4.78, 5) is 36.8. The van der Waals surface area contributed by atoms with E-state index in [9.17, 15) is 9.59 Å². The van der Waals surface area contributed by atoms with Crippen LogP contribution in [0, 0.1) is 6.92 Å². The van der Waals surface area contributed by atoms with Gasteiger partial charge in [0, 0.05) is 24.5 Å². The minimum absolute atomic E-state index is 0.235. The summed E-state index contributed by atoms with van der Waals surface area (Å²) < 4.78 is 0. The van der Waals surface area contributed by atoms with E-state index in [4.69, 9.17) is 5.73 Å². The van der Waals surface area contributed by atoms with Crippen LogP contribution >= 0.6 is 11.3 Å². The number of aryl methyl sites for hydroxylation is 1. The van der Waals surface area contributed by atoms with Crippen LogP contribution in [0.4, 0.5) is 0 Å². The van der Waals surface area contributed by atoms with Crippen molar-refractivity contribution in [3.63, 3.8) is 0 Å². The number of thiazole rings is 1. The number of nitrogens with two attached hydrogens (primary N) is 1. The van der Waals surface area contributed by atoms with Crippen molar-refractivity contribution in [2.75, 3.05) is 0 Å². The third-order valence-electron chi connectivity index (χ3n) is 3.42. The van der Waals surface area contributed by atoms with E-state index in [1.54, 1.807) is 43.6 Å². The third kappa shape index (κ3) is 3.86. The van der Waals surface area contributed by atoms with Gasteiger partial charge in [0.2, 0.25) is 5.91 Å². The molecule has 0 radical (unpaired) electrons. The summed E-state index contributed by atoms with van der Waals surface area (Å²) in [5.41, 5.74) is 7.08. The van der Waals surface area contributed by atoms with Gasteiger partial charge in [-0.2, -0.15) is 0 Å². The van der Waals surface area contributed by atoms with Crippen molar-refractivity contribution in [1.82, 2.24) is 20.3 Å². The molecule has 0 unspecified atom stereocenters. The maximum atomic E-state index is 12.4. The number of benzene rings is 1. The van der Waals surface area contributed by atoms with Crippen molar-refractivity contribution in [2.45, 2.75) is 13.5 Å². The molecule has 0 spiro atoms. The Morgan fingerprint density at radius 1 is 1.20 bits per heavy atom. The van der Waals surface area contributed by atoms with Crippen LogP contribution < -0.4 is 11.1 Å². The lowest BCUT2D eigenvalue weighted by Crippen LogP contribution is -2.23. The Kier molecular flexibility index (Phi) is 4.80. The van der Waals surface area contributed by atoms with Crippen LogP contribution in [0.5, 0.6) is 0 Å². The van der Waals surface area contributed by atoms with Gasteiger partial charge in [0.1, 0.15) is 4.88 Å². The summed E-state index contributed by atoms with van der Waals surface area (Å²) in [6.07, 6.45) is 3.26. The summed E-state index contributed by atoms with van der Waals surface area (Å²) in [6.45, 7) is 2.06. The first-order valence-electron chi connectivity index (χ1n) is 7.46. The molecule has 3 N–H and O–H groups in total. The number of hydrogen-bond acceptors (Lipinski definition) is 6. The predicted octanol–water partition coefficient (Wildman–Crippen LogP) is 1.94. The quantitative estimate of drug-likeness (QED) is 0.728. The molecule has 25 heavy (non-hydrogen) atoms. The summed E-state index contributed by atoms with van der Waals surface area (Å²) in [5.74, 6) is -0.246. The van der Waals surface area contributed by atoms with Gasteiger partial charge >= 0.3 is 0 Å². The van der Waals surface area contributed by atoms with Gasteiger partial charge in [-0.05, 0) is 30.7 Å². The number of amides is 2. The maximum Gasteiger partial charge on any atom is 0.263 e. The van der Waals surface area contributed by atoms with Crippen LogP contribution in [0.3, 0.4) is 0 Å². The van der Waals surface area contributed by atoms with E-state index in [-0.39, 0.29) is 12.5 Å². The first kappa shape index (κ1) is 16.7. The molecular formula is C17H15N5O2S. The molecule has 0 bridgehead atoms. The summed E-state index contributed by atoms with van der Waals surface area (Å²) in [5, 5.41) is 3.42. The Balaban J connectivity index is 1.73. The number of hydrogen-bond donors (Lipinski definition) is 2. The molecule has 0 aliphatic carbocycles. The van der Waals surface area contributed by atoms with Crippen molar-refractivity contribution in [3.05, 3.63) is 64.4 Å². The highest BCUT2D eigenvalue weighted by atomic mass is 32.1. The van der Waals surface area contributed by atoms with E-state index in [1.807, 2.05) is 6.07 Å². The van der Waals surface area contributed by atoms with Crippen molar-refractivity contribution in [3.8, 4) is 10.8 Å². The molecule has 0 aliphatic rings. The number of aromatic nitrogens is 3. The normalized spacial score (nSPS) is 10.4. The molecule has 3 rings (SSSR count). The van der Waals surface area contributed by atoms with Gasteiger partial charge in [-0.3, -0.25) is 9.59 Å². The topological polar surface area (TPSA) is 111 Å². The van der Waals surface area contributed by atoms with Gasteiger partial charge in [0.25, 0.3) is 5.91 Å². The maximum absolute atomic E-state index is 12.4. The van der Waals surface area contributed by atoms with Crippen molar-refractivity contribution < 1.29 is 9.59 Å². The summed E-state index contributed by atoms with van der Waals surface area (Å²) in [7, 11) is 0. The predicted molar refractivity (Wildman–Crippen MR) is 94.0 cm³/mol. The van der Waals surface area contributed by atoms with Crippen molar-refractivity contribution >= 4 is 23.2 Å². The molecule has 0 saturated heterocycles. The second-order valence-electron chi connectivity index (χ2n) is 5.25. The van der Waals surface area contributed by atoms with Gasteiger partial charge in [0.05, 0.1) is 5.69 Å². The molecule has 2 amide bonds. The van der Waals surface area contributed by atoms with E-state index in [1.165, 1.54) is 11.3 Å². The zero-order valence-corrected chi connectivity index (χ0v) is 14.2. The Bertz CT molecular complexity index is 924. The number of carbonyl (C=O) groups excluding carboxylic acids is 2. The number of carbonyl (C=O) groups is 2. The SMILES string of the molecule is Cc1nc(-c2ncccn2)sc1C(=O)NCc1cccc(C(N)=O)c1. The second kappa shape index (κ2) is 7.18. The zero-order chi connectivity index (χ0) is 17.8. The molecule has 0 atom stereocenters. The number of rotatable bonds is 5. The lowest BCUT2D eigenvalue weighted by Gasteiger charge is -2.05. The number of primary amides is 1.